The number of hydrogen-bond acceptors (Lipinski definition) is 2. The maximum absolute atomic E-state index is 13.1. The van der Waals surface area contributed by atoms with Crippen LogP contribution in [0, 0.1) is 5.82 Å². The molecule has 18 heavy (non-hydrogen) atoms. The minimum atomic E-state index is -0.280. The van der Waals surface area contributed by atoms with Crippen molar-refractivity contribution in [3.63, 3.8) is 0 Å². The zero-order valence-electron chi connectivity index (χ0n) is 10.9. The molecule has 0 amide bonds. The predicted octanol–water partition coefficient (Wildman–Crippen LogP) is 3.22. The van der Waals surface area contributed by atoms with Crippen LogP contribution in [0.15, 0.2) is 18.2 Å². The number of nitrogens with zero attached hydrogens (tertiary/aromatic N) is 1. The molecule has 0 bridgehead atoms. The molecule has 0 aromatic heterocycles. The lowest BCUT2D eigenvalue weighted by atomic mass is 10.0. The minimum Gasteiger partial charge on any atom is -0.315 e. The Morgan fingerprint density at radius 3 is 2.89 bits per heavy atom. The molecule has 1 fully saturated rings. The fourth-order valence-corrected chi connectivity index (χ4v) is 2.88. The van der Waals surface area contributed by atoms with Crippen molar-refractivity contribution in [2.45, 2.75) is 31.8 Å². The lowest BCUT2D eigenvalue weighted by molar-refractivity contribution is 0.156. The zero-order valence-corrected chi connectivity index (χ0v) is 11.7. The van der Waals surface area contributed by atoms with Crippen molar-refractivity contribution in [1.82, 2.24) is 10.2 Å². The number of nitrogens with one attached hydrogen (secondary N) is 1. The molecule has 1 aromatic rings. The van der Waals surface area contributed by atoms with E-state index in [0.29, 0.717) is 11.1 Å². The first-order chi connectivity index (χ1) is 8.59. The molecule has 1 saturated heterocycles. The first kappa shape index (κ1) is 13.8. The first-order valence-electron chi connectivity index (χ1n) is 6.47. The van der Waals surface area contributed by atoms with E-state index < -0.39 is 0 Å². The second-order valence-electron chi connectivity index (χ2n) is 5.01. The number of hydrogen-bond donors (Lipinski definition) is 1. The summed E-state index contributed by atoms with van der Waals surface area (Å²) in [4.78, 5) is 2.32. The molecule has 2 rings (SSSR count). The molecule has 2 unspecified atom stereocenters. The van der Waals surface area contributed by atoms with Crippen molar-refractivity contribution in [2.24, 2.45) is 0 Å². The Kier molecular flexibility index (Phi) is 4.60. The number of rotatable bonds is 3. The van der Waals surface area contributed by atoms with Gasteiger partial charge in [0.05, 0.1) is 0 Å². The van der Waals surface area contributed by atoms with Crippen LogP contribution in [-0.2, 0) is 0 Å². The molecule has 0 aliphatic carbocycles. The third-order valence-electron chi connectivity index (χ3n) is 3.87. The molecular weight excluding hydrogens is 251 g/mol. The van der Waals surface area contributed by atoms with Gasteiger partial charge in [0, 0.05) is 23.7 Å². The topological polar surface area (TPSA) is 15.3 Å². The fourth-order valence-electron chi connectivity index (χ4n) is 2.56. The summed E-state index contributed by atoms with van der Waals surface area (Å²) >= 11 is 6.13. The SMILES string of the molecule is CC(c1ccc(F)cc1Cl)N(C)C1CCCNC1. The van der Waals surface area contributed by atoms with Crippen molar-refractivity contribution in [3.05, 3.63) is 34.6 Å². The number of piperidine rings is 1. The van der Waals surface area contributed by atoms with Gasteiger partial charge in [-0.1, -0.05) is 17.7 Å². The highest BCUT2D eigenvalue weighted by atomic mass is 35.5. The molecule has 4 heteroatoms. The van der Waals surface area contributed by atoms with Gasteiger partial charge >= 0.3 is 0 Å². The van der Waals surface area contributed by atoms with Gasteiger partial charge in [-0.05, 0) is 51.1 Å². The lowest BCUT2D eigenvalue weighted by Gasteiger charge is -2.36. The Morgan fingerprint density at radius 1 is 1.50 bits per heavy atom. The zero-order chi connectivity index (χ0) is 13.1. The number of benzene rings is 1. The molecule has 2 atom stereocenters. The van der Waals surface area contributed by atoms with E-state index in [1.54, 1.807) is 6.07 Å². The van der Waals surface area contributed by atoms with Gasteiger partial charge in [-0.15, -0.1) is 0 Å². The van der Waals surface area contributed by atoms with Gasteiger partial charge in [-0.2, -0.15) is 0 Å². The van der Waals surface area contributed by atoms with Gasteiger partial charge in [0.25, 0.3) is 0 Å². The summed E-state index contributed by atoms with van der Waals surface area (Å²) in [7, 11) is 2.11. The summed E-state index contributed by atoms with van der Waals surface area (Å²) in [5, 5.41) is 3.92. The van der Waals surface area contributed by atoms with E-state index in [0.717, 1.165) is 18.7 Å². The molecule has 1 heterocycles. The van der Waals surface area contributed by atoms with Crippen molar-refractivity contribution in [3.8, 4) is 0 Å². The Balaban J connectivity index is 2.11. The summed E-state index contributed by atoms with van der Waals surface area (Å²) < 4.78 is 13.1. The molecule has 0 saturated carbocycles. The Labute approximate surface area is 113 Å². The molecule has 1 N–H and O–H groups in total. The van der Waals surface area contributed by atoms with Gasteiger partial charge in [0.2, 0.25) is 0 Å². The highest BCUT2D eigenvalue weighted by Crippen LogP contribution is 2.29. The van der Waals surface area contributed by atoms with Crippen molar-refractivity contribution >= 4 is 11.6 Å². The van der Waals surface area contributed by atoms with Crippen LogP contribution in [0.4, 0.5) is 4.39 Å². The Bertz CT molecular complexity index is 405. The van der Waals surface area contributed by atoms with E-state index in [1.165, 1.54) is 25.0 Å². The predicted molar refractivity (Wildman–Crippen MR) is 73.5 cm³/mol. The van der Waals surface area contributed by atoms with Crippen LogP contribution in [0.25, 0.3) is 0 Å². The second-order valence-corrected chi connectivity index (χ2v) is 5.41. The average Bonchev–Trinajstić information content (AvgIpc) is 2.38. The van der Waals surface area contributed by atoms with Gasteiger partial charge in [0.1, 0.15) is 5.82 Å². The average molecular weight is 271 g/mol. The summed E-state index contributed by atoms with van der Waals surface area (Å²) in [6.45, 7) is 4.24. The molecule has 0 radical (unpaired) electrons. The van der Waals surface area contributed by atoms with Crippen LogP contribution in [0.2, 0.25) is 5.02 Å². The molecule has 2 nitrogen and oxygen atoms in total. The molecule has 1 aromatic carbocycles. The van der Waals surface area contributed by atoms with Gasteiger partial charge in [-0.25, -0.2) is 4.39 Å². The van der Waals surface area contributed by atoms with E-state index in [9.17, 15) is 4.39 Å². The smallest absolute Gasteiger partial charge is 0.124 e. The van der Waals surface area contributed by atoms with E-state index >= 15 is 0 Å². The Morgan fingerprint density at radius 2 is 2.28 bits per heavy atom. The minimum absolute atomic E-state index is 0.197. The molecule has 0 spiro atoms. The summed E-state index contributed by atoms with van der Waals surface area (Å²) in [6.07, 6.45) is 2.41. The highest BCUT2D eigenvalue weighted by Gasteiger charge is 2.23. The van der Waals surface area contributed by atoms with E-state index in [1.807, 2.05) is 0 Å². The second kappa shape index (κ2) is 6.00. The van der Waals surface area contributed by atoms with Crippen LogP contribution in [0.3, 0.4) is 0 Å². The molecular formula is C14H20ClFN2. The van der Waals surface area contributed by atoms with Gasteiger partial charge < -0.3 is 5.32 Å². The largest absolute Gasteiger partial charge is 0.315 e. The summed E-state index contributed by atoms with van der Waals surface area (Å²) in [5.41, 5.74) is 0.992. The van der Waals surface area contributed by atoms with Crippen molar-refractivity contribution in [1.29, 1.82) is 0 Å². The standard InChI is InChI=1S/C14H20ClFN2/c1-10(13-6-5-11(16)8-14(13)15)18(2)12-4-3-7-17-9-12/h5-6,8,10,12,17H,3-4,7,9H2,1-2H3. The van der Waals surface area contributed by atoms with Gasteiger partial charge in [-0.3, -0.25) is 4.90 Å². The van der Waals surface area contributed by atoms with Crippen LogP contribution in [-0.4, -0.2) is 31.1 Å². The van der Waals surface area contributed by atoms with E-state index in [-0.39, 0.29) is 11.9 Å². The number of halogens is 2. The first-order valence-corrected chi connectivity index (χ1v) is 6.85. The monoisotopic (exact) mass is 270 g/mol. The van der Waals surface area contributed by atoms with Crippen LogP contribution in [0.1, 0.15) is 31.4 Å². The third-order valence-corrected chi connectivity index (χ3v) is 4.20. The van der Waals surface area contributed by atoms with E-state index in [4.69, 9.17) is 11.6 Å². The summed E-state index contributed by atoms with van der Waals surface area (Å²) in [6, 6.07) is 5.37. The fraction of sp³-hybridized carbons (Fsp3) is 0.571. The lowest BCUT2D eigenvalue weighted by Crippen LogP contribution is -2.45. The summed E-state index contributed by atoms with van der Waals surface area (Å²) in [5.74, 6) is -0.280. The maximum atomic E-state index is 13.1. The van der Waals surface area contributed by atoms with Crippen LogP contribution in [0.5, 0.6) is 0 Å². The third kappa shape index (κ3) is 3.02. The number of likely N-dealkylation sites (N-methyl/N-ethyl adjacent to an activating group) is 1. The highest BCUT2D eigenvalue weighted by molar-refractivity contribution is 6.31. The quantitative estimate of drug-likeness (QED) is 0.907. The van der Waals surface area contributed by atoms with Crippen molar-refractivity contribution in [2.75, 3.05) is 20.1 Å². The molecule has 100 valence electrons. The van der Waals surface area contributed by atoms with Crippen molar-refractivity contribution < 1.29 is 4.39 Å². The van der Waals surface area contributed by atoms with Crippen LogP contribution < -0.4 is 5.32 Å². The normalized spacial score (nSPS) is 22.2. The van der Waals surface area contributed by atoms with Crippen LogP contribution >= 0.6 is 11.6 Å². The Hall–Kier alpha value is -0.640. The molecule has 1 aliphatic rings. The van der Waals surface area contributed by atoms with E-state index in [2.05, 4.69) is 24.2 Å². The van der Waals surface area contributed by atoms with Gasteiger partial charge in [0.15, 0.2) is 0 Å². The molecule has 1 aliphatic heterocycles. The maximum Gasteiger partial charge on any atom is 0.124 e.